The van der Waals surface area contributed by atoms with Gasteiger partial charge in [-0.2, -0.15) is 18.6 Å². The maximum Gasteiger partial charge on any atom is 0.291 e. The molecule has 3 aromatic rings. The maximum atomic E-state index is 12.9. The fraction of sp³-hybridized carbons (Fsp3) is 0.167. The highest BCUT2D eigenvalue weighted by atomic mass is 32.2. The minimum absolute atomic E-state index is 0.000537. The first-order valence-corrected chi connectivity index (χ1v) is 8.71. The number of thioether (sulfide) groups is 1. The molecule has 0 aliphatic carbocycles. The van der Waals surface area contributed by atoms with Gasteiger partial charge in [0.1, 0.15) is 11.5 Å². The standard InChI is InChI=1S/C18H16F2N4O2S/c1-25-14-7-3-12(4-8-14)11-21-24-16(22-23-18(24)27-17(19)20)13-5-9-15(26-2)10-6-13/h3-11,17H,1-2H3/b21-11-. The van der Waals surface area contributed by atoms with Crippen LogP contribution < -0.4 is 9.47 Å². The van der Waals surface area contributed by atoms with Gasteiger partial charge < -0.3 is 9.47 Å². The molecule has 2 aromatic carbocycles. The molecule has 9 heteroatoms. The lowest BCUT2D eigenvalue weighted by atomic mass is 10.2. The summed E-state index contributed by atoms with van der Waals surface area (Å²) < 4.78 is 37.3. The van der Waals surface area contributed by atoms with Gasteiger partial charge in [-0.3, -0.25) is 0 Å². The van der Waals surface area contributed by atoms with Crippen molar-refractivity contribution in [3.63, 3.8) is 0 Å². The van der Waals surface area contributed by atoms with E-state index in [0.717, 1.165) is 5.56 Å². The lowest BCUT2D eigenvalue weighted by Crippen LogP contribution is -1.98. The third-order valence-corrected chi connectivity index (χ3v) is 4.24. The van der Waals surface area contributed by atoms with Crippen LogP contribution in [0.25, 0.3) is 11.4 Å². The Labute approximate surface area is 158 Å². The van der Waals surface area contributed by atoms with Gasteiger partial charge in [-0.15, -0.1) is 10.2 Å². The number of hydrogen-bond acceptors (Lipinski definition) is 6. The van der Waals surface area contributed by atoms with Crippen LogP contribution in [0.1, 0.15) is 5.56 Å². The predicted molar refractivity (Wildman–Crippen MR) is 99.9 cm³/mol. The van der Waals surface area contributed by atoms with Gasteiger partial charge in [-0.25, -0.2) is 0 Å². The molecule has 0 fully saturated rings. The maximum absolute atomic E-state index is 12.9. The van der Waals surface area contributed by atoms with E-state index < -0.39 is 5.76 Å². The summed E-state index contributed by atoms with van der Waals surface area (Å²) in [6.45, 7) is 0. The molecule has 0 saturated heterocycles. The van der Waals surface area contributed by atoms with Crippen LogP contribution in [-0.4, -0.2) is 41.1 Å². The largest absolute Gasteiger partial charge is 0.497 e. The Morgan fingerprint density at radius 1 is 0.963 bits per heavy atom. The Balaban J connectivity index is 1.96. The molecule has 0 unspecified atom stereocenters. The number of hydrogen-bond donors (Lipinski definition) is 0. The minimum atomic E-state index is -2.63. The summed E-state index contributed by atoms with van der Waals surface area (Å²) in [6, 6.07) is 14.2. The zero-order chi connectivity index (χ0) is 19.2. The molecule has 0 aliphatic heterocycles. The van der Waals surface area contributed by atoms with Gasteiger partial charge in [-0.1, -0.05) is 0 Å². The third kappa shape index (κ3) is 4.62. The number of methoxy groups -OCH3 is 2. The second kappa shape index (κ2) is 8.63. The van der Waals surface area contributed by atoms with Gasteiger partial charge in [0.2, 0.25) is 5.16 Å². The van der Waals surface area contributed by atoms with Crippen LogP contribution in [0.4, 0.5) is 8.78 Å². The molecule has 0 bridgehead atoms. The molecule has 27 heavy (non-hydrogen) atoms. The number of aromatic nitrogens is 3. The Morgan fingerprint density at radius 3 is 2.11 bits per heavy atom. The van der Waals surface area contributed by atoms with Crippen molar-refractivity contribution in [3.8, 4) is 22.9 Å². The first-order chi connectivity index (χ1) is 13.1. The average Bonchev–Trinajstić information content (AvgIpc) is 3.08. The van der Waals surface area contributed by atoms with E-state index in [9.17, 15) is 8.78 Å². The number of benzene rings is 2. The quantitative estimate of drug-likeness (QED) is 0.448. The van der Waals surface area contributed by atoms with E-state index in [1.807, 2.05) is 0 Å². The van der Waals surface area contributed by atoms with Crippen molar-refractivity contribution >= 4 is 18.0 Å². The number of nitrogens with zero attached hydrogens (tertiary/aromatic N) is 4. The van der Waals surface area contributed by atoms with Crippen LogP contribution >= 0.6 is 11.8 Å². The minimum Gasteiger partial charge on any atom is -0.497 e. The Bertz CT molecular complexity index is 912. The van der Waals surface area contributed by atoms with E-state index in [-0.39, 0.29) is 16.9 Å². The van der Waals surface area contributed by atoms with Crippen molar-refractivity contribution < 1.29 is 18.3 Å². The second-order valence-corrected chi connectivity index (χ2v) is 6.20. The summed E-state index contributed by atoms with van der Waals surface area (Å²) in [5, 5.41) is 12.2. The normalized spacial score (nSPS) is 11.3. The van der Waals surface area contributed by atoms with Crippen LogP contribution in [0.2, 0.25) is 0 Å². The second-order valence-electron chi connectivity index (χ2n) is 5.24. The number of ether oxygens (including phenoxy) is 2. The molecule has 0 atom stereocenters. The van der Waals surface area contributed by atoms with Gasteiger partial charge in [-0.05, 0) is 65.9 Å². The van der Waals surface area contributed by atoms with Crippen LogP contribution in [0.15, 0.2) is 58.8 Å². The molecule has 0 spiro atoms. The summed E-state index contributed by atoms with van der Waals surface area (Å²) >= 11 is 0.287. The van der Waals surface area contributed by atoms with Gasteiger partial charge in [0.25, 0.3) is 5.76 Å². The number of rotatable bonds is 7. The fourth-order valence-corrected chi connectivity index (χ4v) is 2.74. The Morgan fingerprint density at radius 2 is 1.56 bits per heavy atom. The lowest BCUT2D eigenvalue weighted by Gasteiger charge is -2.05. The SMILES string of the molecule is COc1ccc(/C=N\n2c(SC(F)F)nnc2-c2ccc(OC)cc2)cc1. The molecule has 0 N–H and O–H groups in total. The van der Waals surface area contributed by atoms with Crippen LogP contribution in [0.5, 0.6) is 11.5 Å². The lowest BCUT2D eigenvalue weighted by molar-refractivity contribution is 0.251. The highest BCUT2D eigenvalue weighted by molar-refractivity contribution is 7.99. The predicted octanol–water partition coefficient (Wildman–Crippen LogP) is 4.16. The molecule has 0 amide bonds. The van der Waals surface area contributed by atoms with Crippen molar-refractivity contribution in [2.45, 2.75) is 10.9 Å². The van der Waals surface area contributed by atoms with Crippen LogP contribution in [0.3, 0.4) is 0 Å². The van der Waals surface area contributed by atoms with Crippen LogP contribution in [-0.2, 0) is 0 Å². The van der Waals surface area contributed by atoms with E-state index >= 15 is 0 Å². The van der Waals surface area contributed by atoms with Crippen molar-refractivity contribution in [3.05, 3.63) is 54.1 Å². The monoisotopic (exact) mass is 390 g/mol. The topological polar surface area (TPSA) is 61.5 Å². The zero-order valence-corrected chi connectivity index (χ0v) is 15.4. The van der Waals surface area contributed by atoms with E-state index in [2.05, 4.69) is 15.3 Å². The van der Waals surface area contributed by atoms with Gasteiger partial charge >= 0.3 is 0 Å². The van der Waals surface area contributed by atoms with Crippen molar-refractivity contribution in [2.75, 3.05) is 14.2 Å². The van der Waals surface area contributed by atoms with E-state index in [1.165, 1.54) is 4.68 Å². The summed E-state index contributed by atoms with van der Waals surface area (Å²) in [7, 11) is 3.14. The van der Waals surface area contributed by atoms with Gasteiger partial charge in [0.05, 0.1) is 20.4 Å². The highest BCUT2D eigenvalue weighted by Crippen LogP contribution is 2.28. The number of alkyl halides is 2. The van der Waals surface area contributed by atoms with Crippen LogP contribution in [0, 0.1) is 0 Å². The molecule has 3 rings (SSSR count). The van der Waals surface area contributed by atoms with Crippen molar-refractivity contribution in [1.29, 1.82) is 0 Å². The van der Waals surface area contributed by atoms with E-state index in [4.69, 9.17) is 9.47 Å². The Hall–Kier alpha value is -2.94. The third-order valence-electron chi connectivity index (χ3n) is 3.59. The molecule has 140 valence electrons. The molecular weight excluding hydrogens is 374 g/mol. The van der Waals surface area contributed by atoms with E-state index in [0.29, 0.717) is 22.9 Å². The summed E-state index contributed by atoms with van der Waals surface area (Å²) in [5.41, 5.74) is 1.45. The average molecular weight is 390 g/mol. The first kappa shape index (κ1) is 18.8. The fourth-order valence-electron chi connectivity index (χ4n) is 2.26. The summed E-state index contributed by atoms with van der Waals surface area (Å²) in [6.07, 6.45) is 1.55. The molecule has 0 radical (unpaired) electrons. The van der Waals surface area contributed by atoms with Gasteiger partial charge in [0.15, 0.2) is 5.82 Å². The summed E-state index contributed by atoms with van der Waals surface area (Å²) in [5.74, 6) is -0.892. The number of halogens is 2. The molecule has 6 nitrogen and oxygen atoms in total. The van der Waals surface area contributed by atoms with E-state index in [1.54, 1.807) is 69.0 Å². The summed E-state index contributed by atoms with van der Waals surface area (Å²) in [4.78, 5) is 0. The highest BCUT2D eigenvalue weighted by Gasteiger charge is 2.18. The van der Waals surface area contributed by atoms with Crippen molar-refractivity contribution in [1.82, 2.24) is 14.9 Å². The Kier molecular flexibility index (Phi) is 6.02. The zero-order valence-electron chi connectivity index (χ0n) is 14.5. The van der Waals surface area contributed by atoms with Crippen molar-refractivity contribution in [2.24, 2.45) is 5.10 Å². The smallest absolute Gasteiger partial charge is 0.291 e. The molecule has 0 aliphatic rings. The van der Waals surface area contributed by atoms with Gasteiger partial charge in [0, 0.05) is 5.56 Å². The molecule has 1 heterocycles. The first-order valence-electron chi connectivity index (χ1n) is 7.84. The molecule has 1 aromatic heterocycles. The molecule has 0 saturated carbocycles. The molecular formula is C18H16F2N4O2S.